The van der Waals surface area contributed by atoms with Crippen LogP contribution in [0.25, 0.3) is 39.1 Å². The summed E-state index contributed by atoms with van der Waals surface area (Å²) in [5.74, 6) is -0.138. The molecule has 0 aliphatic rings. The Bertz CT molecular complexity index is 1450. The highest BCUT2D eigenvalue weighted by Crippen LogP contribution is 2.35. The van der Waals surface area contributed by atoms with E-state index in [0.29, 0.717) is 33.7 Å². The minimum absolute atomic E-state index is 0.237. The van der Waals surface area contributed by atoms with Gasteiger partial charge in [0.15, 0.2) is 11.5 Å². The molecule has 0 atom stereocenters. The first-order valence-corrected chi connectivity index (χ1v) is 8.83. The van der Waals surface area contributed by atoms with E-state index < -0.39 is 0 Å². The summed E-state index contributed by atoms with van der Waals surface area (Å²) in [6.07, 6.45) is 5.05. The van der Waals surface area contributed by atoms with Crippen molar-refractivity contribution in [1.82, 2.24) is 19.4 Å². The second kappa shape index (κ2) is 6.39. The highest BCUT2D eigenvalue weighted by Gasteiger charge is 2.19. The summed E-state index contributed by atoms with van der Waals surface area (Å²) in [5, 5.41) is 10.5. The minimum atomic E-state index is -0.375. The molecule has 138 valence electrons. The van der Waals surface area contributed by atoms with Crippen molar-refractivity contribution < 1.29 is 4.39 Å². The average molecular weight is 380 g/mol. The Kier molecular flexibility index (Phi) is 3.71. The van der Waals surface area contributed by atoms with Gasteiger partial charge in [-0.15, -0.1) is 0 Å². The third kappa shape index (κ3) is 2.66. The van der Waals surface area contributed by atoms with Crippen LogP contribution < -0.4 is 5.73 Å². The van der Waals surface area contributed by atoms with Crippen LogP contribution in [0.1, 0.15) is 5.56 Å². The van der Waals surface area contributed by atoms with Gasteiger partial charge in [0, 0.05) is 35.1 Å². The van der Waals surface area contributed by atoms with E-state index in [0.717, 1.165) is 10.9 Å². The highest BCUT2D eigenvalue weighted by atomic mass is 19.1. The molecule has 0 saturated carbocycles. The van der Waals surface area contributed by atoms with Crippen molar-refractivity contribution in [2.45, 2.75) is 0 Å². The lowest BCUT2D eigenvalue weighted by Gasteiger charge is -2.15. The Morgan fingerprint density at radius 2 is 1.90 bits per heavy atom. The van der Waals surface area contributed by atoms with Crippen molar-refractivity contribution in [3.63, 3.8) is 0 Å². The number of hydrogen-bond acceptors (Lipinski definition) is 5. The van der Waals surface area contributed by atoms with Crippen LogP contribution in [0.5, 0.6) is 0 Å². The van der Waals surface area contributed by atoms with Crippen molar-refractivity contribution in [2.75, 3.05) is 5.73 Å². The van der Waals surface area contributed by atoms with Gasteiger partial charge in [-0.05, 0) is 30.3 Å². The van der Waals surface area contributed by atoms with Crippen molar-refractivity contribution in [3.05, 3.63) is 78.5 Å². The molecule has 3 aromatic heterocycles. The van der Waals surface area contributed by atoms with E-state index in [2.05, 4.69) is 21.0 Å². The summed E-state index contributed by atoms with van der Waals surface area (Å²) in [5.41, 5.74) is 10.1. The number of nitrogens with zero attached hydrogens (tertiary/aromatic N) is 5. The van der Waals surface area contributed by atoms with Crippen LogP contribution in [0.2, 0.25) is 0 Å². The third-order valence-electron chi connectivity index (χ3n) is 4.76. The zero-order valence-electron chi connectivity index (χ0n) is 15.0. The van der Waals surface area contributed by atoms with Crippen LogP contribution in [0.15, 0.2) is 67.1 Å². The number of hydrogen-bond donors (Lipinski definition) is 1. The van der Waals surface area contributed by atoms with Crippen molar-refractivity contribution in [2.24, 2.45) is 0 Å². The van der Waals surface area contributed by atoms with Gasteiger partial charge in [0.1, 0.15) is 11.9 Å². The van der Waals surface area contributed by atoms with Crippen LogP contribution in [-0.4, -0.2) is 19.4 Å². The normalized spacial score (nSPS) is 11.0. The fraction of sp³-hybridized carbons (Fsp3) is 0. The third-order valence-corrected chi connectivity index (χ3v) is 4.76. The van der Waals surface area contributed by atoms with Gasteiger partial charge in [-0.3, -0.25) is 9.38 Å². The summed E-state index contributed by atoms with van der Waals surface area (Å²) in [4.78, 5) is 13.1. The van der Waals surface area contributed by atoms with E-state index in [1.807, 2.05) is 18.2 Å². The van der Waals surface area contributed by atoms with Gasteiger partial charge >= 0.3 is 0 Å². The van der Waals surface area contributed by atoms with Crippen LogP contribution in [0.4, 0.5) is 10.2 Å². The van der Waals surface area contributed by atoms with Crippen molar-refractivity contribution in [3.8, 4) is 28.6 Å². The predicted octanol–water partition coefficient (Wildman–Crippen LogP) is 4.20. The number of pyridine rings is 1. The van der Waals surface area contributed by atoms with Gasteiger partial charge in [-0.25, -0.2) is 14.4 Å². The molecule has 29 heavy (non-hydrogen) atoms. The minimum Gasteiger partial charge on any atom is -0.381 e. The molecule has 2 N–H and O–H groups in total. The molecule has 0 spiro atoms. The van der Waals surface area contributed by atoms with Gasteiger partial charge in [-0.2, -0.15) is 5.26 Å². The smallest absolute Gasteiger partial charge is 0.180 e. The SMILES string of the molecule is N#Cc1cc(-c2c(-c3cccc(F)c3)nc(N)c3nccn23)cc2cccnc12. The summed E-state index contributed by atoms with van der Waals surface area (Å²) in [6.45, 7) is 0. The molecule has 0 amide bonds. The fourth-order valence-corrected chi connectivity index (χ4v) is 3.54. The maximum absolute atomic E-state index is 13.9. The largest absolute Gasteiger partial charge is 0.381 e. The number of halogens is 1. The van der Waals surface area contributed by atoms with E-state index in [-0.39, 0.29) is 11.6 Å². The maximum Gasteiger partial charge on any atom is 0.180 e. The standard InChI is InChI=1S/C22H13FN6/c23-17-5-1-3-14(11-17)19-20(29-8-7-27-22(29)21(25)28-19)15-9-13-4-2-6-26-18(13)16(10-15)12-24/h1-11H,(H2,25,28). The molecular weight excluding hydrogens is 367 g/mol. The van der Waals surface area contributed by atoms with Crippen LogP contribution in [0.3, 0.4) is 0 Å². The molecule has 0 saturated heterocycles. The van der Waals surface area contributed by atoms with Crippen molar-refractivity contribution >= 4 is 22.4 Å². The van der Waals surface area contributed by atoms with Gasteiger partial charge in [0.2, 0.25) is 0 Å². The number of anilines is 1. The molecule has 5 rings (SSSR count). The number of rotatable bonds is 2. The van der Waals surface area contributed by atoms with Crippen LogP contribution in [-0.2, 0) is 0 Å². The second-order valence-electron chi connectivity index (χ2n) is 6.54. The van der Waals surface area contributed by atoms with Crippen LogP contribution >= 0.6 is 0 Å². The molecule has 6 nitrogen and oxygen atoms in total. The van der Waals surface area contributed by atoms with Crippen molar-refractivity contribution in [1.29, 1.82) is 5.26 Å². The van der Waals surface area contributed by atoms with E-state index in [1.54, 1.807) is 41.2 Å². The molecule has 0 bridgehead atoms. The monoisotopic (exact) mass is 380 g/mol. The second-order valence-corrected chi connectivity index (χ2v) is 6.54. The van der Waals surface area contributed by atoms with E-state index in [4.69, 9.17) is 5.73 Å². The molecule has 0 aliphatic heterocycles. The van der Waals surface area contributed by atoms with Gasteiger partial charge < -0.3 is 5.73 Å². The van der Waals surface area contributed by atoms with Gasteiger partial charge in [0.25, 0.3) is 0 Å². The number of aromatic nitrogens is 4. The molecule has 0 radical (unpaired) electrons. The number of nitrogens with two attached hydrogens (primary N) is 1. The first-order chi connectivity index (χ1) is 14.2. The Balaban J connectivity index is 1.91. The molecule has 0 aliphatic carbocycles. The Hall–Kier alpha value is -4.31. The molecular formula is C22H13FN6. The summed E-state index contributed by atoms with van der Waals surface area (Å²) in [7, 11) is 0. The number of benzene rings is 2. The number of fused-ring (bicyclic) bond motifs is 2. The molecule has 2 aromatic carbocycles. The Morgan fingerprint density at radius 3 is 2.72 bits per heavy atom. The molecule has 5 aromatic rings. The van der Waals surface area contributed by atoms with E-state index in [9.17, 15) is 9.65 Å². The molecule has 0 fully saturated rings. The summed E-state index contributed by atoms with van der Waals surface area (Å²) >= 11 is 0. The zero-order chi connectivity index (χ0) is 20.0. The first kappa shape index (κ1) is 16.8. The summed E-state index contributed by atoms with van der Waals surface area (Å²) < 4.78 is 15.7. The Morgan fingerprint density at radius 1 is 1.00 bits per heavy atom. The van der Waals surface area contributed by atoms with E-state index in [1.165, 1.54) is 12.1 Å². The lowest BCUT2D eigenvalue weighted by molar-refractivity contribution is 0.628. The molecule has 3 heterocycles. The van der Waals surface area contributed by atoms with Crippen LogP contribution in [0, 0.1) is 17.1 Å². The van der Waals surface area contributed by atoms with E-state index >= 15 is 0 Å². The number of nitrogen functional groups attached to an aromatic ring is 1. The lowest BCUT2D eigenvalue weighted by atomic mass is 9.99. The summed E-state index contributed by atoms with van der Waals surface area (Å²) in [6, 6.07) is 15.8. The maximum atomic E-state index is 13.9. The average Bonchev–Trinajstić information content (AvgIpc) is 3.23. The predicted molar refractivity (Wildman–Crippen MR) is 108 cm³/mol. The molecule has 7 heteroatoms. The number of imidazole rings is 1. The topological polar surface area (TPSA) is 92.9 Å². The quantitative estimate of drug-likeness (QED) is 0.495. The fourth-order valence-electron chi connectivity index (χ4n) is 3.54. The zero-order valence-corrected chi connectivity index (χ0v) is 15.0. The Labute approximate surface area is 164 Å². The highest BCUT2D eigenvalue weighted by molar-refractivity contribution is 5.92. The number of nitriles is 1. The van der Waals surface area contributed by atoms with Gasteiger partial charge in [0.05, 0.1) is 22.5 Å². The first-order valence-electron chi connectivity index (χ1n) is 8.83. The lowest BCUT2D eigenvalue weighted by Crippen LogP contribution is -2.04. The van der Waals surface area contributed by atoms with Gasteiger partial charge in [-0.1, -0.05) is 18.2 Å². The molecule has 0 unspecified atom stereocenters.